The minimum atomic E-state index is -5.05. The van der Waals surface area contributed by atoms with Gasteiger partial charge in [-0.3, -0.25) is 0 Å². The third kappa shape index (κ3) is 6.92. The summed E-state index contributed by atoms with van der Waals surface area (Å²) in [4.78, 5) is 3.40. The first kappa shape index (κ1) is 33.7. The van der Waals surface area contributed by atoms with E-state index in [0.29, 0.717) is 5.69 Å². The van der Waals surface area contributed by atoms with Crippen LogP contribution in [0.1, 0.15) is 16.7 Å². The fraction of sp³-hybridized carbons (Fsp3) is 0.115. The number of aromatic nitrogens is 1. The van der Waals surface area contributed by atoms with Crippen molar-refractivity contribution in [1.82, 2.24) is 4.98 Å². The van der Waals surface area contributed by atoms with E-state index in [9.17, 15) is 25.9 Å². The molecule has 5 aromatic rings. The van der Waals surface area contributed by atoms with Gasteiger partial charge in [0.15, 0.2) is 0 Å². The van der Waals surface area contributed by atoms with Gasteiger partial charge in [0.2, 0.25) is 0 Å². The van der Waals surface area contributed by atoms with Crippen molar-refractivity contribution >= 4 is 69.6 Å². The first-order valence-corrected chi connectivity index (χ1v) is 15.0. The predicted octanol–water partition coefficient (Wildman–Crippen LogP) is -0.144. The molecule has 0 fully saturated rings. The molecule has 5 rings (SSSR count). The fourth-order valence-corrected chi connectivity index (χ4v) is 6.61. The molecule has 0 saturated heterocycles. The number of anilines is 1. The van der Waals surface area contributed by atoms with Crippen LogP contribution in [0.4, 0.5) is 17.1 Å². The van der Waals surface area contributed by atoms with E-state index in [-0.39, 0.29) is 75.6 Å². The zero-order chi connectivity index (χ0) is 28.3. The molecule has 0 aliphatic rings. The van der Waals surface area contributed by atoms with Crippen molar-refractivity contribution in [2.45, 2.75) is 30.6 Å². The van der Waals surface area contributed by atoms with Crippen LogP contribution < -0.4 is 64.8 Å². The molecule has 2 N–H and O–H groups in total. The average molecular weight is 627 g/mol. The predicted molar refractivity (Wildman–Crippen MR) is 148 cm³/mol. The van der Waals surface area contributed by atoms with Crippen LogP contribution in [0.25, 0.3) is 31.6 Å². The number of azo groups is 1. The Morgan fingerprint density at radius 1 is 0.829 bits per heavy atom. The van der Waals surface area contributed by atoms with E-state index in [1.165, 1.54) is 6.07 Å². The number of nitrogen functional groups attached to an aromatic ring is 1. The summed E-state index contributed by atoms with van der Waals surface area (Å²) >= 11 is 1.58. The van der Waals surface area contributed by atoms with Crippen molar-refractivity contribution in [2.24, 2.45) is 10.2 Å². The van der Waals surface area contributed by atoms with Crippen molar-refractivity contribution in [2.75, 3.05) is 5.73 Å². The van der Waals surface area contributed by atoms with Gasteiger partial charge >= 0.3 is 59.1 Å². The van der Waals surface area contributed by atoms with E-state index < -0.39 is 35.7 Å². The van der Waals surface area contributed by atoms with Crippen LogP contribution in [0.5, 0.6) is 0 Å². The third-order valence-corrected chi connectivity index (χ3v) is 8.93. The molecule has 0 amide bonds. The standard InChI is InChI=1S/C26H22N4O6S3.2Na/c1-13-8-15(3)24-21(9-13)37-26(28-24)16-4-7-20(14(2)10-16)29-30-25-19-6-5-18(38(31,32)33)11-17(19)12-22(23(25)27)39(34,35)36;;/h4-12H,27H2,1-3H3,(H,31,32,33)(H,34,35,36);;/q;2*+1/p-2. The Hall–Kier alpha value is -1.75. The van der Waals surface area contributed by atoms with E-state index in [2.05, 4.69) is 22.4 Å². The first-order valence-electron chi connectivity index (χ1n) is 11.4. The number of hydrogen-bond acceptors (Lipinski definition) is 11. The Labute approximate surface area is 285 Å². The summed E-state index contributed by atoms with van der Waals surface area (Å²) < 4.78 is 71.0. The second-order valence-corrected chi connectivity index (χ2v) is 12.8. The number of benzene rings is 4. The molecule has 0 spiro atoms. The second-order valence-electron chi connectivity index (χ2n) is 9.08. The Balaban J connectivity index is 0.00000231. The van der Waals surface area contributed by atoms with E-state index in [1.54, 1.807) is 17.4 Å². The van der Waals surface area contributed by atoms with Gasteiger partial charge in [-0.25, -0.2) is 21.8 Å². The molecule has 0 bridgehead atoms. The van der Waals surface area contributed by atoms with Crippen LogP contribution in [0.15, 0.2) is 74.6 Å². The molecule has 15 heteroatoms. The number of aryl methyl sites for hydroxylation is 3. The SMILES string of the molecule is Cc1cc(C)c2nc(-c3ccc(N=Nc4c(N)c(S(=O)(=O)[O-])cc5cc(S(=O)(=O)[O-])ccc45)c(C)c3)sc2c1.[Na+].[Na+]. The molecular formula is C26H20N4Na2O6S3. The van der Waals surface area contributed by atoms with E-state index in [1.807, 2.05) is 32.9 Å². The van der Waals surface area contributed by atoms with Gasteiger partial charge in [0.1, 0.15) is 30.9 Å². The van der Waals surface area contributed by atoms with E-state index in [4.69, 9.17) is 10.7 Å². The van der Waals surface area contributed by atoms with E-state index in [0.717, 1.165) is 55.7 Å². The summed E-state index contributed by atoms with van der Waals surface area (Å²) in [7, 11) is -9.88. The summed E-state index contributed by atoms with van der Waals surface area (Å²) in [5.41, 5.74) is 10.7. The van der Waals surface area contributed by atoms with Crippen LogP contribution in [0.3, 0.4) is 0 Å². The fourth-order valence-electron chi connectivity index (χ4n) is 4.33. The van der Waals surface area contributed by atoms with Crippen LogP contribution >= 0.6 is 11.3 Å². The summed E-state index contributed by atoms with van der Waals surface area (Å²) in [6, 6.07) is 13.9. The average Bonchev–Trinajstić information content (AvgIpc) is 3.27. The van der Waals surface area contributed by atoms with Gasteiger partial charge in [-0.1, -0.05) is 12.1 Å². The topological polar surface area (TPSA) is 178 Å². The molecule has 10 nitrogen and oxygen atoms in total. The van der Waals surface area contributed by atoms with Gasteiger partial charge in [0, 0.05) is 10.9 Å². The monoisotopic (exact) mass is 626 g/mol. The Morgan fingerprint density at radius 2 is 1.54 bits per heavy atom. The van der Waals surface area contributed by atoms with Crippen molar-refractivity contribution in [3.63, 3.8) is 0 Å². The minimum absolute atomic E-state index is 0. The van der Waals surface area contributed by atoms with Crippen LogP contribution in [-0.4, -0.2) is 30.9 Å². The number of fused-ring (bicyclic) bond motifs is 2. The van der Waals surface area contributed by atoms with Crippen LogP contribution in [0.2, 0.25) is 0 Å². The molecule has 200 valence electrons. The number of thiazole rings is 1. The van der Waals surface area contributed by atoms with Gasteiger partial charge < -0.3 is 14.8 Å². The minimum Gasteiger partial charge on any atom is -0.744 e. The number of nitrogens with two attached hydrogens (primary N) is 1. The number of rotatable bonds is 5. The van der Waals surface area contributed by atoms with Gasteiger partial charge in [0.05, 0.1) is 31.4 Å². The normalized spacial score (nSPS) is 12.0. The molecule has 1 heterocycles. The van der Waals surface area contributed by atoms with Gasteiger partial charge in [0.25, 0.3) is 0 Å². The first-order chi connectivity index (χ1) is 18.2. The molecule has 0 unspecified atom stereocenters. The van der Waals surface area contributed by atoms with Crippen LogP contribution in [-0.2, 0) is 20.2 Å². The molecule has 0 radical (unpaired) electrons. The zero-order valence-corrected chi connectivity index (χ0v) is 29.2. The molecule has 4 aromatic carbocycles. The number of nitrogens with zero attached hydrogens (tertiary/aromatic N) is 3. The zero-order valence-electron chi connectivity index (χ0n) is 22.8. The number of hydrogen-bond donors (Lipinski definition) is 1. The third-order valence-electron chi connectivity index (χ3n) is 6.17. The molecule has 0 aliphatic heterocycles. The summed E-state index contributed by atoms with van der Waals surface area (Å²) in [5.74, 6) is 0. The van der Waals surface area contributed by atoms with Crippen molar-refractivity contribution in [3.05, 3.63) is 71.3 Å². The summed E-state index contributed by atoms with van der Waals surface area (Å²) in [6.45, 7) is 5.89. The Morgan fingerprint density at radius 3 is 2.17 bits per heavy atom. The van der Waals surface area contributed by atoms with E-state index >= 15 is 0 Å². The molecule has 1 aromatic heterocycles. The van der Waals surface area contributed by atoms with Crippen LogP contribution in [0, 0.1) is 20.8 Å². The van der Waals surface area contributed by atoms with Crippen molar-refractivity contribution in [3.8, 4) is 10.6 Å². The maximum absolute atomic E-state index is 11.8. The molecular weight excluding hydrogens is 606 g/mol. The van der Waals surface area contributed by atoms with Crippen molar-refractivity contribution in [1.29, 1.82) is 0 Å². The van der Waals surface area contributed by atoms with Gasteiger partial charge in [-0.15, -0.1) is 16.5 Å². The smallest absolute Gasteiger partial charge is 0.744 e. The molecule has 41 heavy (non-hydrogen) atoms. The molecule has 0 saturated carbocycles. The Bertz CT molecular complexity index is 2080. The van der Waals surface area contributed by atoms with Gasteiger partial charge in [-0.2, -0.15) is 5.11 Å². The summed E-state index contributed by atoms with van der Waals surface area (Å²) in [5, 5.41) is 9.42. The molecule has 0 atom stereocenters. The second kappa shape index (κ2) is 12.5. The van der Waals surface area contributed by atoms with Gasteiger partial charge in [-0.05, 0) is 85.3 Å². The maximum atomic E-state index is 11.8. The van der Waals surface area contributed by atoms with Crippen molar-refractivity contribution < 1.29 is 85.1 Å². The quantitative estimate of drug-likeness (QED) is 0.121. The largest absolute Gasteiger partial charge is 1.00 e. The molecule has 0 aliphatic carbocycles. The summed E-state index contributed by atoms with van der Waals surface area (Å²) in [6.07, 6.45) is 0. The maximum Gasteiger partial charge on any atom is 1.00 e. The Kier molecular flexibility index (Phi) is 10.3.